The van der Waals surface area contributed by atoms with Crippen LogP contribution in [-0.2, 0) is 6.42 Å². The second-order valence-corrected chi connectivity index (χ2v) is 6.72. The van der Waals surface area contributed by atoms with Gasteiger partial charge in [-0.1, -0.05) is 12.5 Å². The molecule has 1 heterocycles. The number of halogens is 2. The molecule has 0 aromatic heterocycles. The van der Waals surface area contributed by atoms with E-state index >= 15 is 0 Å². The first kappa shape index (κ1) is 13.4. The maximum absolute atomic E-state index is 13.1. The molecule has 1 aliphatic heterocycles. The zero-order chi connectivity index (χ0) is 12.3. The summed E-state index contributed by atoms with van der Waals surface area (Å²) in [6.45, 7) is 0. The van der Waals surface area contributed by atoms with E-state index in [1.54, 1.807) is 0 Å². The van der Waals surface area contributed by atoms with Crippen LogP contribution in [-0.4, -0.2) is 17.0 Å². The first-order chi connectivity index (χ1) is 8.16. The summed E-state index contributed by atoms with van der Waals surface area (Å²) in [5.74, 6) is 1.01. The molecule has 1 fully saturated rings. The number of benzene rings is 1. The molecule has 1 saturated heterocycles. The Balaban J connectivity index is 1.96. The SMILES string of the molecule is NC(Cc1ccc(F)c(Br)c1)C1CCCCS1. The van der Waals surface area contributed by atoms with Gasteiger partial charge in [-0.05, 0) is 58.6 Å². The first-order valence-electron chi connectivity index (χ1n) is 5.98. The van der Waals surface area contributed by atoms with Gasteiger partial charge in [-0.15, -0.1) is 0 Å². The third-order valence-corrected chi connectivity index (χ3v) is 5.29. The second-order valence-electron chi connectivity index (χ2n) is 4.52. The molecule has 94 valence electrons. The zero-order valence-corrected chi connectivity index (χ0v) is 12.1. The van der Waals surface area contributed by atoms with Gasteiger partial charge in [0.2, 0.25) is 0 Å². The van der Waals surface area contributed by atoms with E-state index in [4.69, 9.17) is 5.73 Å². The van der Waals surface area contributed by atoms with E-state index in [1.807, 2.05) is 23.9 Å². The Hall–Kier alpha value is -0.0600. The van der Waals surface area contributed by atoms with Crippen molar-refractivity contribution in [3.63, 3.8) is 0 Å². The predicted octanol–water partition coefficient (Wildman–Crippen LogP) is 3.74. The lowest BCUT2D eigenvalue weighted by atomic mass is 10.0. The van der Waals surface area contributed by atoms with Gasteiger partial charge in [0, 0.05) is 11.3 Å². The summed E-state index contributed by atoms with van der Waals surface area (Å²) < 4.78 is 13.6. The van der Waals surface area contributed by atoms with Gasteiger partial charge in [-0.25, -0.2) is 4.39 Å². The Morgan fingerprint density at radius 3 is 2.94 bits per heavy atom. The van der Waals surface area contributed by atoms with E-state index in [0.717, 1.165) is 12.0 Å². The number of rotatable bonds is 3. The van der Waals surface area contributed by atoms with Gasteiger partial charge in [-0.2, -0.15) is 11.8 Å². The molecular formula is C13H17BrFNS. The Kier molecular flexibility index (Phi) is 4.88. The van der Waals surface area contributed by atoms with E-state index in [0.29, 0.717) is 9.72 Å². The summed E-state index contributed by atoms with van der Waals surface area (Å²) in [5.41, 5.74) is 7.35. The molecule has 0 bridgehead atoms. The lowest BCUT2D eigenvalue weighted by molar-refractivity contribution is 0.558. The smallest absolute Gasteiger partial charge is 0.137 e. The number of hydrogen-bond acceptors (Lipinski definition) is 2. The summed E-state index contributed by atoms with van der Waals surface area (Å²) in [6, 6.07) is 5.34. The third-order valence-electron chi connectivity index (χ3n) is 3.15. The van der Waals surface area contributed by atoms with Gasteiger partial charge in [0.05, 0.1) is 4.47 Å². The van der Waals surface area contributed by atoms with Gasteiger partial charge in [-0.3, -0.25) is 0 Å². The number of nitrogens with two attached hydrogens (primary N) is 1. The lowest BCUT2D eigenvalue weighted by Gasteiger charge is -2.27. The molecule has 0 spiro atoms. The Morgan fingerprint density at radius 1 is 1.47 bits per heavy atom. The highest BCUT2D eigenvalue weighted by Gasteiger charge is 2.21. The molecular weight excluding hydrogens is 301 g/mol. The molecule has 0 aliphatic carbocycles. The monoisotopic (exact) mass is 317 g/mol. The van der Waals surface area contributed by atoms with Crippen LogP contribution in [0.2, 0.25) is 0 Å². The molecule has 0 saturated carbocycles. The molecule has 0 radical (unpaired) electrons. The van der Waals surface area contributed by atoms with Crippen LogP contribution in [0.4, 0.5) is 4.39 Å². The van der Waals surface area contributed by atoms with Crippen LogP contribution < -0.4 is 5.73 Å². The van der Waals surface area contributed by atoms with Crippen LogP contribution in [0.15, 0.2) is 22.7 Å². The van der Waals surface area contributed by atoms with Crippen molar-refractivity contribution in [1.82, 2.24) is 0 Å². The number of thioether (sulfide) groups is 1. The fourth-order valence-corrected chi connectivity index (χ4v) is 3.95. The molecule has 1 aromatic rings. The maximum Gasteiger partial charge on any atom is 0.137 e. The molecule has 1 aliphatic rings. The van der Waals surface area contributed by atoms with E-state index in [1.165, 1.54) is 31.1 Å². The van der Waals surface area contributed by atoms with Crippen molar-refractivity contribution in [2.75, 3.05) is 5.75 Å². The van der Waals surface area contributed by atoms with Crippen molar-refractivity contribution < 1.29 is 4.39 Å². The summed E-state index contributed by atoms with van der Waals surface area (Å²) in [5, 5.41) is 0.563. The molecule has 1 aromatic carbocycles. The topological polar surface area (TPSA) is 26.0 Å². The van der Waals surface area contributed by atoms with Gasteiger partial charge in [0.1, 0.15) is 5.82 Å². The average Bonchev–Trinajstić information content (AvgIpc) is 2.35. The Morgan fingerprint density at radius 2 is 2.29 bits per heavy atom. The zero-order valence-electron chi connectivity index (χ0n) is 9.66. The van der Waals surface area contributed by atoms with Crippen LogP contribution in [0, 0.1) is 5.82 Å². The van der Waals surface area contributed by atoms with Crippen LogP contribution >= 0.6 is 27.7 Å². The standard InChI is InChI=1S/C13H17BrFNS/c14-10-7-9(4-5-11(10)15)8-12(16)13-3-1-2-6-17-13/h4-5,7,12-13H,1-3,6,8,16H2. The molecule has 4 heteroatoms. The third kappa shape index (κ3) is 3.70. The van der Waals surface area contributed by atoms with Gasteiger partial charge in [0.15, 0.2) is 0 Å². The predicted molar refractivity (Wildman–Crippen MR) is 75.9 cm³/mol. The van der Waals surface area contributed by atoms with Crippen LogP contribution in [0.3, 0.4) is 0 Å². The number of hydrogen-bond donors (Lipinski definition) is 1. The van der Waals surface area contributed by atoms with Crippen molar-refractivity contribution in [3.05, 3.63) is 34.1 Å². The minimum atomic E-state index is -0.214. The summed E-state index contributed by atoms with van der Waals surface area (Å²) in [7, 11) is 0. The summed E-state index contributed by atoms with van der Waals surface area (Å²) in [6.07, 6.45) is 4.65. The molecule has 2 N–H and O–H groups in total. The molecule has 2 unspecified atom stereocenters. The molecule has 2 atom stereocenters. The van der Waals surface area contributed by atoms with Crippen molar-refractivity contribution in [1.29, 1.82) is 0 Å². The normalized spacial score (nSPS) is 22.4. The van der Waals surface area contributed by atoms with Crippen molar-refractivity contribution in [2.45, 2.75) is 37.0 Å². The van der Waals surface area contributed by atoms with Crippen molar-refractivity contribution >= 4 is 27.7 Å². The van der Waals surface area contributed by atoms with Crippen molar-refractivity contribution in [2.24, 2.45) is 5.73 Å². The van der Waals surface area contributed by atoms with Crippen LogP contribution in [0.1, 0.15) is 24.8 Å². The molecule has 1 nitrogen and oxygen atoms in total. The van der Waals surface area contributed by atoms with Gasteiger partial charge >= 0.3 is 0 Å². The minimum absolute atomic E-state index is 0.178. The minimum Gasteiger partial charge on any atom is -0.326 e. The highest BCUT2D eigenvalue weighted by Crippen LogP contribution is 2.28. The van der Waals surface area contributed by atoms with Crippen molar-refractivity contribution in [3.8, 4) is 0 Å². The molecule has 0 amide bonds. The first-order valence-corrected chi connectivity index (χ1v) is 7.82. The van der Waals surface area contributed by atoms with Gasteiger partial charge < -0.3 is 5.73 Å². The highest BCUT2D eigenvalue weighted by atomic mass is 79.9. The lowest BCUT2D eigenvalue weighted by Crippen LogP contribution is -2.36. The highest BCUT2D eigenvalue weighted by molar-refractivity contribution is 9.10. The Labute approximate surface area is 114 Å². The van der Waals surface area contributed by atoms with Crippen LogP contribution in [0.25, 0.3) is 0 Å². The van der Waals surface area contributed by atoms with Crippen LogP contribution in [0.5, 0.6) is 0 Å². The summed E-state index contributed by atoms with van der Waals surface area (Å²) >= 11 is 5.20. The summed E-state index contributed by atoms with van der Waals surface area (Å²) in [4.78, 5) is 0. The quantitative estimate of drug-likeness (QED) is 0.919. The van der Waals surface area contributed by atoms with Gasteiger partial charge in [0.25, 0.3) is 0 Å². The largest absolute Gasteiger partial charge is 0.326 e. The van der Waals surface area contributed by atoms with E-state index < -0.39 is 0 Å². The second kappa shape index (κ2) is 6.21. The Bertz CT molecular complexity index is 380. The molecule has 2 rings (SSSR count). The fourth-order valence-electron chi connectivity index (χ4n) is 2.17. The van der Waals surface area contributed by atoms with E-state index in [9.17, 15) is 4.39 Å². The maximum atomic E-state index is 13.1. The fraction of sp³-hybridized carbons (Fsp3) is 0.538. The average molecular weight is 318 g/mol. The van der Waals surface area contributed by atoms with E-state index in [2.05, 4.69) is 15.9 Å². The van der Waals surface area contributed by atoms with E-state index in [-0.39, 0.29) is 11.9 Å². The molecule has 17 heavy (non-hydrogen) atoms.